The Morgan fingerprint density at radius 3 is 2.68 bits per heavy atom. The highest BCUT2D eigenvalue weighted by Crippen LogP contribution is 2.32. The first-order chi connectivity index (χ1) is 12.1. The maximum atomic E-state index is 13.9. The minimum Gasteiger partial charge on any atom is -0.339 e. The van der Waals surface area contributed by atoms with E-state index in [0.29, 0.717) is 18.9 Å². The molecule has 1 aliphatic heterocycles. The van der Waals surface area contributed by atoms with Crippen LogP contribution in [-0.4, -0.2) is 22.6 Å². The van der Waals surface area contributed by atoms with Gasteiger partial charge in [-0.15, -0.1) is 0 Å². The van der Waals surface area contributed by atoms with E-state index in [2.05, 4.69) is 10.1 Å². The minimum atomic E-state index is -0.404. The molecule has 0 bridgehead atoms. The summed E-state index contributed by atoms with van der Waals surface area (Å²) < 4.78 is 19.2. The van der Waals surface area contributed by atoms with Gasteiger partial charge >= 0.3 is 0 Å². The number of aromatic nitrogens is 2. The number of amides is 1. The van der Waals surface area contributed by atoms with E-state index in [1.807, 2.05) is 31.2 Å². The molecule has 0 spiro atoms. The average molecular weight is 337 g/mol. The van der Waals surface area contributed by atoms with Crippen LogP contribution in [0.3, 0.4) is 0 Å². The van der Waals surface area contributed by atoms with Crippen LogP contribution in [-0.2, 0) is 4.79 Å². The summed E-state index contributed by atoms with van der Waals surface area (Å²) in [5.41, 5.74) is 2.28. The molecule has 1 saturated heterocycles. The summed E-state index contributed by atoms with van der Waals surface area (Å²) in [6, 6.07) is 14.1. The predicted octanol–water partition coefficient (Wildman–Crippen LogP) is 3.70. The number of aryl methyl sites for hydroxylation is 1. The van der Waals surface area contributed by atoms with Gasteiger partial charge in [-0.1, -0.05) is 35.0 Å². The zero-order valence-electron chi connectivity index (χ0n) is 13.6. The molecule has 1 aliphatic rings. The molecule has 5 nitrogen and oxygen atoms in total. The number of rotatable bonds is 3. The van der Waals surface area contributed by atoms with E-state index in [1.54, 1.807) is 23.1 Å². The third kappa shape index (κ3) is 2.91. The van der Waals surface area contributed by atoms with Gasteiger partial charge in [-0.2, -0.15) is 4.98 Å². The van der Waals surface area contributed by atoms with Gasteiger partial charge in [0.25, 0.3) is 0 Å². The lowest BCUT2D eigenvalue weighted by Crippen LogP contribution is -2.24. The highest BCUT2D eigenvalue weighted by molar-refractivity contribution is 5.96. The lowest BCUT2D eigenvalue weighted by Gasteiger charge is -2.16. The fraction of sp³-hybridized carbons (Fsp3) is 0.211. The molecule has 126 valence electrons. The largest absolute Gasteiger partial charge is 0.339 e. The standard InChI is InChI=1S/C19H16FN3O2/c1-12-6-8-14(9-7-12)23-11-13(10-17(23)24)19-21-18(22-25-19)15-4-2-3-5-16(15)20/h2-9,13H,10-11H2,1H3/t13-/m1/s1. The van der Waals surface area contributed by atoms with E-state index in [4.69, 9.17) is 4.52 Å². The second-order valence-electron chi connectivity index (χ2n) is 6.18. The fourth-order valence-corrected chi connectivity index (χ4v) is 3.00. The zero-order valence-corrected chi connectivity index (χ0v) is 13.6. The van der Waals surface area contributed by atoms with Gasteiger partial charge in [0, 0.05) is 18.7 Å². The Labute approximate surface area is 144 Å². The average Bonchev–Trinajstić information content (AvgIpc) is 3.23. The molecule has 0 unspecified atom stereocenters. The van der Waals surface area contributed by atoms with Gasteiger partial charge in [0.2, 0.25) is 17.6 Å². The van der Waals surface area contributed by atoms with Crippen LogP contribution in [0.4, 0.5) is 10.1 Å². The van der Waals surface area contributed by atoms with E-state index in [1.165, 1.54) is 6.07 Å². The number of hydrogen-bond donors (Lipinski definition) is 0. The van der Waals surface area contributed by atoms with Gasteiger partial charge in [-0.05, 0) is 31.2 Å². The highest BCUT2D eigenvalue weighted by atomic mass is 19.1. The minimum absolute atomic E-state index is 0.0134. The molecule has 2 heterocycles. The Morgan fingerprint density at radius 2 is 1.92 bits per heavy atom. The van der Waals surface area contributed by atoms with Crippen LogP contribution in [0.5, 0.6) is 0 Å². The summed E-state index contributed by atoms with van der Waals surface area (Å²) in [5.74, 6) is -0.0181. The van der Waals surface area contributed by atoms with Crippen molar-refractivity contribution in [3.63, 3.8) is 0 Å². The lowest BCUT2D eigenvalue weighted by molar-refractivity contribution is -0.117. The second-order valence-corrected chi connectivity index (χ2v) is 6.18. The number of hydrogen-bond acceptors (Lipinski definition) is 4. The van der Waals surface area contributed by atoms with Crippen LogP contribution in [0.2, 0.25) is 0 Å². The van der Waals surface area contributed by atoms with Crippen LogP contribution < -0.4 is 4.90 Å². The van der Waals surface area contributed by atoms with Crippen molar-refractivity contribution in [2.75, 3.05) is 11.4 Å². The molecule has 1 fully saturated rings. The van der Waals surface area contributed by atoms with Crippen molar-refractivity contribution in [1.29, 1.82) is 0 Å². The van der Waals surface area contributed by atoms with Gasteiger partial charge in [-0.3, -0.25) is 4.79 Å². The molecule has 4 rings (SSSR count). The van der Waals surface area contributed by atoms with Crippen molar-refractivity contribution in [3.8, 4) is 11.4 Å². The quantitative estimate of drug-likeness (QED) is 0.731. The number of benzene rings is 2. The second kappa shape index (κ2) is 6.12. The smallest absolute Gasteiger partial charge is 0.232 e. The summed E-state index contributed by atoms with van der Waals surface area (Å²) in [5, 5.41) is 3.87. The Kier molecular flexibility index (Phi) is 3.80. The number of anilines is 1. The molecule has 0 radical (unpaired) electrons. The van der Waals surface area contributed by atoms with E-state index in [-0.39, 0.29) is 23.2 Å². The number of carbonyl (C=O) groups excluding carboxylic acids is 1. The summed E-state index contributed by atoms with van der Waals surface area (Å²) in [7, 11) is 0. The van der Waals surface area contributed by atoms with Crippen molar-refractivity contribution in [2.24, 2.45) is 0 Å². The molecular formula is C19H16FN3O2. The van der Waals surface area contributed by atoms with E-state index in [9.17, 15) is 9.18 Å². The Hall–Kier alpha value is -3.02. The topological polar surface area (TPSA) is 59.2 Å². The van der Waals surface area contributed by atoms with Gasteiger partial charge in [0.05, 0.1) is 11.5 Å². The van der Waals surface area contributed by atoms with Crippen molar-refractivity contribution < 1.29 is 13.7 Å². The summed E-state index contributed by atoms with van der Waals surface area (Å²) in [4.78, 5) is 18.4. The molecule has 2 aromatic carbocycles. The maximum Gasteiger partial charge on any atom is 0.232 e. The van der Waals surface area contributed by atoms with Crippen molar-refractivity contribution in [2.45, 2.75) is 19.3 Å². The van der Waals surface area contributed by atoms with E-state index in [0.717, 1.165) is 11.3 Å². The first-order valence-electron chi connectivity index (χ1n) is 8.07. The SMILES string of the molecule is Cc1ccc(N2C[C@H](c3nc(-c4ccccc4F)no3)CC2=O)cc1. The van der Waals surface area contributed by atoms with Crippen molar-refractivity contribution >= 4 is 11.6 Å². The van der Waals surface area contributed by atoms with Crippen LogP contribution in [0.1, 0.15) is 23.8 Å². The number of halogens is 1. The van der Waals surface area contributed by atoms with Crippen LogP contribution in [0.15, 0.2) is 53.1 Å². The van der Waals surface area contributed by atoms with Crippen LogP contribution in [0.25, 0.3) is 11.4 Å². The first-order valence-corrected chi connectivity index (χ1v) is 8.07. The fourth-order valence-electron chi connectivity index (χ4n) is 3.00. The molecule has 1 aromatic heterocycles. The molecule has 1 atom stereocenters. The molecule has 0 aliphatic carbocycles. The van der Waals surface area contributed by atoms with Gasteiger partial charge in [0.15, 0.2) is 0 Å². The third-order valence-electron chi connectivity index (χ3n) is 4.38. The van der Waals surface area contributed by atoms with Crippen molar-refractivity contribution in [3.05, 3.63) is 65.8 Å². The third-order valence-corrected chi connectivity index (χ3v) is 4.38. The van der Waals surface area contributed by atoms with E-state index >= 15 is 0 Å². The van der Waals surface area contributed by atoms with Crippen LogP contribution in [0, 0.1) is 12.7 Å². The summed E-state index contributed by atoms with van der Waals surface area (Å²) >= 11 is 0. The highest BCUT2D eigenvalue weighted by Gasteiger charge is 2.35. The predicted molar refractivity (Wildman–Crippen MR) is 90.6 cm³/mol. The molecular weight excluding hydrogens is 321 g/mol. The molecule has 0 N–H and O–H groups in total. The molecule has 1 amide bonds. The Balaban J connectivity index is 1.57. The monoisotopic (exact) mass is 337 g/mol. The Bertz CT molecular complexity index is 920. The molecule has 3 aromatic rings. The van der Waals surface area contributed by atoms with Gasteiger partial charge in [0.1, 0.15) is 5.82 Å². The van der Waals surface area contributed by atoms with Gasteiger partial charge in [-0.25, -0.2) is 4.39 Å². The molecule has 0 saturated carbocycles. The number of carbonyl (C=O) groups is 1. The Morgan fingerprint density at radius 1 is 1.16 bits per heavy atom. The lowest BCUT2D eigenvalue weighted by atomic mass is 10.1. The summed E-state index contributed by atoms with van der Waals surface area (Å²) in [6.07, 6.45) is 0.298. The molecule has 6 heteroatoms. The first kappa shape index (κ1) is 15.5. The normalized spacial score (nSPS) is 17.3. The van der Waals surface area contributed by atoms with E-state index < -0.39 is 5.82 Å². The number of nitrogens with zero attached hydrogens (tertiary/aromatic N) is 3. The zero-order chi connectivity index (χ0) is 17.4. The summed E-state index contributed by atoms with van der Waals surface area (Å²) in [6.45, 7) is 2.47. The van der Waals surface area contributed by atoms with Crippen molar-refractivity contribution in [1.82, 2.24) is 10.1 Å². The maximum absolute atomic E-state index is 13.9. The molecule has 25 heavy (non-hydrogen) atoms. The van der Waals surface area contributed by atoms with Gasteiger partial charge < -0.3 is 9.42 Å². The van der Waals surface area contributed by atoms with Crippen LogP contribution >= 0.6 is 0 Å².